The van der Waals surface area contributed by atoms with Crippen molar-refractivity contribution in [2.75, 3.05) is 5.75 Å². The van der Waals surface area contributed by atoms with Crippen molar-refractivity contribution in [3.05, 3.63) is 48.5 Å². The molecule has 0 aliphatic rings. The number of fused-ring (bicyclic) bond motifs is 1. The van der Waals surface area contributed by atoms with Crippen LogP contribution in [0, 0.1) is 0 Å². The Kier molecular flexibility index (Phi) is 6.14. The summed E-state index contributed by atoms with van der Waals surface area (Å²) in [5.41, 5.74) is 0.0677. The number of halogens is 6. The molecule has 1 aromatic carbocycles. The third-order valence-corrected chi connectivity index (χ3v) is 6.81. The van der Waals surface area contributed by atoms with Gasteiger partial charge in [-0.1, -0.05) is 19.1 Å². The largest absolute Gasteiger partial charge is 0.573 e. The fourth-order valence-corrected chi connectivity index (χ4v) is 4.42. The minimum absolute atomic E-state index is 0.147. The molecule has 15 heteroatoms. The van der Waals surface area contributed by atoms with Crippen molar-refractivity contribution in [2.24, 2.45) is 7.05 Å². The topological polar surface area (TPSA) is 99.9 Å². The number of aryl methyl sites for hydroxylation is 1. The number of benzene rings is 1. The van der Waals surface area contributed by atoms with Crippen molar-refractivity contribution in [3.8, 4) is 28.4 Å². The van der Waals surface area contributed by atoms with Crippen LogP contribution < -0.4 is 4.74 Å². The maximum Gasteiger partial charge on any atom is 0.573 e. The second-order valence-corrected chi connectivity index (χ2v) is 9.69. The number of pyridine rings is 1. The molecule has 0 N–H and O–H groups in total. The van der Waals surface area contributed by atoms with Gasteiger partial charge in [0.05, 0.1) is 16.8 Å². The number of aromatic nitrogens is 5. The van der Waals surface area contributed by atoms with E-state index in [-0.39, 0.29) is 38.9 Å². The lowest BCUT2D eigenvalue weighted by Crippen LogP contribution is -2.16. The number of sulfone groups is 1. The SMILES string of the molecule is CCS(=O)(=O)c1cc(-c2ccc(OC(F)(F)F)cc2)cnc1-c1ncc2nc(C(F)(F)F)n(C)c2n1. The van der Waals surface area contributed by atoms with Crippen molar-refractivity contribution >= 4 is 21.0 Å². The van der Waals surface area contributed by atoms with Crippen LogP contribution in [0.15, 0.2) is 47.6 Å². The van der Waals surface area contributed by atoms with Gasteiger partial charge in [-0.3, -0.25) is 4.98 Å². The third kappa shape index (κ3) is 4.96. The summed E-state index contributed by atoms with van der Waals surface area (Å²) in [7, 11) is -2.83. The van der Waals surface area contributed by atoms with Crippen molar-refractivity contribution in [2.45, 2.75) is 24.4 Å². The van der Waals surface area contributed by atoms with Gasteiger partial charge in [-0.05, 0) is 23.8 Å². The molecule has 0 fully saturated rings. The molecule has 3 aromatic heterocycles. The average Bonchev–Trinajstić information content (AvgIpc) is 3.14. The highest BCUT2D eigenvalue weighted by atomic mass is 32.2. The second-order valence-electron chi connectivity index (χ2n) is 7.44. The molecule has 4 aromatic rings. The van der Waals surface area contributed by atoms with E-state index in [0.29, 0.717) is 10.1 Å². The fraction of sp³-hybridized carbons (Fsp3) is 0.238. The maximum atomic E-state index is 13.2. The summed E-state index contributed by atoms with van der Waals surface area (Å²) in [4.78, 5) is 15.4. The predicted molar refractivity (Wildman–Crippen MR) is 114 cm³/mol. The molecule has 0 spiro atoms. The lowest BCUT2D eigenvalue weighted by atomic mass is 10.1. The highest BCUT2D eigenvalue weighted by Gasteiger charge is 2.37. The second kappa shape index (κ2) is 8.72. The van der Waals surface area contributed by atoms with Crippen LogP contribution in [0.5, 0.6) is 5.75 Å². The molecule has 0 aliphatic carbocycles. The van der Waals surface area contributed by atoms with Crippen LogP contribution in [0.25, 0.3) is 33.8 Å². The first-order chi connectivity index (χ1) is 16.7. The number of hydrogen-bond acceptors (Lipinski definition) is 7. The zero-order chi connectivity index (χ0) is 26.5. The smallest absolute Gasteiger partial charge is 0.406 e. The van der Waals surface area contributed by atoms with Gasteiger partial charge in [0.25, 0.3) is 0 Å². The molecule has 190 valence electrons. The molecule has 0 unspecified atom stereocenters. The molecular weight excluding hydrogens is 516 g/mol. The van der Waals surface area contributed by atoms with Crippen molar-refractivity contribution in [1.82, 2.24) is 24.5 Å². The van der Waals surface area contributed by atoms with E-state index in [0.717, 1.165) is 25.4 Å². The fourth-order valence-electron chi connectivity index (χ4n) is 3.36. The Balaban J connectivity index is 1.82. The van der Waals surface area contributed by atoms with Gasteiger partial charge in [-0.15, -0.1) is 13.2 Å². The van der Waals surface area contributed by atoms with Crippen molar-refractivity contribution < 1.29 is 39.5 Å². The van der Waals surface area contributed by atoms with Gasteiger partial charge in [0.2, 0.25) is 5.82 Å². The molecule has 0 aliphatic heterocycles. The average molecular weight is 531 g/mol. The first-order valence-electron chi connectivity index (χ1n) is 10.1. The minimum atomic E-state index is -4.87. The van der Waals surface area contributed by atoms with E-state index in [2.05, 4.69) is 24.7 Å². The maximum absolute atomic E-state index is 13.2. The molecule has 0 amide bonds. The lowest BCUT2D eigenvalue weighted by Gasteiger charge is -2.12. The number of hydrogen-bond donors (Lipinski definition) is 0. The van der Waals surface area contributed by atoms with Gasteiger partial charge in [0.1, 0.15) is 17.0 Å². The van der Waals surface area contributed by atoms with Crippen molar-refractivity contribution in [3.63, 3.8) is 0 Å². The Morgan fingerprint density at radius 1 is 0.944 bits per heavy atom. The van der Waals surface area contributed by atoms with E-state index in [1.54, 1.807) is 0 Å². The molecule has 0 atom stereocenters. The Bertz CT molecular complexity index is 1550. The van der Waals surface area contributed by atoms with Crippen LogP contribution in [-0.4, -0.2) is 45.0 Å². The molecule has 4 rings (SSSR count). The summed E-state index contributed by atoms with van der Waals surface area (Å²) in [5.74, 6) is -2.25. The van der Waals surface area contributed by atoms with Crippen LogP contribution in [0.1, 0.15) is 12.7 Å². The van der Waals surface area contributed by atoms with E-state index in [1.165, 1.54) is 31.3 Å². The van der Waals surface area contributed by atoms with Crippen LogP contribution in [0.3, 0.4) is 0 Å². The highest BCUT2D eigenvalue weighted by molar-refractivity contribution is 7.91. The van der Waals surface area contributed by atoms with E-state index >= 15 is 0 Å². The minimum Gasteiger partial charge on any atom is -0.406 e. The number of nitrogens with zero attached hydrogens (tertiary/aromatic N) is 5. The van der Waals surface area contributed by atoms with Crippen LogP contribution in [-0.2, 0) is 23.1 Å². The summed E-state index contributed by atoms with van der Waals surface area (Å²) in [6, 6.07) is 5.94. The summed E-state index contributed by atoms with van der Waals surface area (Å²) >= 11 is 0. The molecule has 0 radical (unpaired) electrons. The molecule has 0 saturated carbocycles. The van der Waals surface area contributed by atoms with Crippen LogP contribution >= 0.6 is 0 Å². The molecule has 3 heterocycles. The highest BCUT2D eigenvalue weighted by Crippen LogP contribution is 2.33. The van der Waals surface area contributed by atoms with Gasteiger partial charge in [0, 0.05) is 18.8 Å². The van der Waals surface area contributed by atoms with Gasteiger partial charge >= 0.3 is 12.5 Å². The van der Waals surface area contributed by atoms with Crippen LogP contribution in [0.2, 0.25) is 0 Å². The van der Waals surface area contributed by atoms with Gasteiger partial charge in [0.15, 0.2) is 21.3 Å². The summed E-state index contributed by atoms with van der Waals surface area (Å²) in [6.45, 7) is 1.38. The Hall–Kier alpha value is -3.75. The van der Waals surface area contributed by atoms with Gasteiger partial charge in [-0.25, -0.2) is 23.4 Å². The Morgan fingerprint density at radius 3 is 2.19 bits per heavy atom. The molecule has 8 nitrogen and oxygen atoms in total. The normalized spacial score (nSPS) is 12.8. The van der Waals surface area contributed by atoms with E-state index in [4.69, 9.17) is 0 Å². The first kappa shape index (κ1) is 25.3. The standard InChI is InChI=1S/C21H15F6N5O3S/c1-3-36(33,34)15-8-12(11-4-6-13(7-5-11)35-21(25,26)27)9-28-16(15)17-29-10-14-18(31-17)32(2)19(30-14)20(22,23)24/h4-10H,3H2,1-2H3. The van der Waals surface area contributed by atoms with Gasteiger partial charge < -0.3 is 9.30 Å². The predicted octanol–water partition coefficient (Wildman–Crippen LogP) is 4.80. The molecule has 0 bridgehead atoms. The van der Waals surface area contributed by atoms with Gasteiger partial charge in [-0.2, -0.15) is 13.2 Å². The summed E-state index contributed by atoms with van der Waals surface area (Å²) < 4.78 is 107. The zero-order valence-electron chi connectivity index (χ0n) is 18.4. The third-order valence-electron chi connectivity index (χ3n) is 5.07. The van der Waals surface area contributed by atoms with E-state index in [9.17, 15) is 34.8 Å². The summed E-state index contributed by atoms with van der Waals surface area (Å²) in [5, 5.41) is 0. The number of alkyl halides is 6. The lowest BCUT2D eigenvalue weighted by molar-refractivity contribution is -0.274. The summed E-state index contributed by atoms with van der Waals surface area (Å²) in [6.07, 6.45) is -7.33. The van der Waals surface area contributed by atoms with E-state index < -0.39 is 33.9 Å². The molecule has 36 heavy (non-hydrogen) atoms. The Labute approximate surface area is 199 Å². The molecule has 0 saturated heterocycles. The van der Waals surface area contributed by atoms with Crippen LogP contribution in [0.4, 0.5) is 26.3 Å². The monoisotopic (exact) mass is 531 g/mol. The quantitative estimate of drug-likeness (QED) is 0.341. The number of ether oxygens (including phenoxy) is 1. The van der Waals surface area contributed by atoms with Crippen molar-refractivity contribution in [1.29, 1.82) is 0 Å². The van der Waals surface area contributed by atoms with E-state index in [1.807, 2.05) is 0 Å². The molecular formula is C21H15F6N5O3S. The number of imidazole rings is 1. The zero-order valence-corrected chi connectivity index (χ0v) is 19.2. The first-order valence-corrected chi connectivity index (χ1v) is 11.7. The number of rotatable bonds is 5. The Morgan fingerprint density at radius 2 is 1.61 bits per heavy atom.